The molecule has 0 fully saturated rings. The molecule has 1 aromatic carbocycles. The largest absolute Gasteiger partial charge is 0.395 e. The monoisotopic (exact) mass is 217 g/mol. The Morgan fingerprint density at radius 2 is 2.29 bits per heavy atom. The number of hydrogen-bond donors (Lipinski definition) is 2. The average molecular weight is 218 g/mol. The zero-order valence-corrected chi connectivity index (χ0v) is 8.68. The van der Waals surface area contributed by atoms with Crippen molar-refractivity contribution >= 4 is 11.6 Å². The van der Waals surface area contributed by atoms with Crippen LogP contribution in [0.2, 0.25) is 5.02 Å². The Bertz CT molecular complexity index is 306. The van der Waals surface area contributed by atoms with E-state index in [1.807, 2.05) is 6.92 Å². The highest BCUT2D eigenvalue weighted by atomic mass is 35.5. The molecule has 0 saturated heterocycles. The van der Waals surface area contributed by atoms with Crippen LogP contribution in [0.5, 0.6) is 0 Å². The van der Waals surface area contributed by atoms with Gasteiger partial charge in [-0.1, -0.05) is 17.7 Å². The van der Waals surface area contributed by atoms with E-state index in [0.29, 0.717) is 17.1 Å². The second kappa shape index (κ2) is 5.29. The highest BCUT2D eigenvalue weighted by molar-refractivity contribution is 6.30. The molecule has 0 aromatic heterocycles. The van der Waals surface area contributed by atoms with Crippen LogP contribution in [0.1, 0.15) is 12.5 Å². The summed E-state index contributed by atoms with van der Waals surface area (Å²) in [5.74, 6) is -0.324. The quantitative estimate of drug-likeness (QED) is 0.808. The Kier molecular flexibility index (Phi) is 4.32. The van der Waals surface area contributed by atoms with Crippen molar-refractivity contribution in [1.82, 2.24) is 5.32 Å². The summed E-state index contributed by atoms with van der Waals surface area (Å²) in [5, 5.41) is 12.1. The lowest BCUT2D eigenvalue weighted by Gasteiger charge is -2.10. The van der Waals surface area contributed by atoms with E-state index >= 15 is 0 Å². The molecule has 4 heteroatoms. The van der Waals surface area contributed by atoms with Crippen LogP contribution < -0.4 is 5.32 Å². The molecular formula is C10H13ClFNO. The Hall–Kier alpha value is -0.640. The van der Waals surface area contributed by atoms with Gasteiger partial charge in [0.25, 0.3) is 0 Å². The van der Waals surface area contributed by atoms with Gasteiger partial charge in [-0.05, 0) is 19.1 Å². The summed E-state index contributed by atoms with van der Waals surface area (Å²) < 4.78 is 13.2. The lowest BCUT2D eigenvalue weighted by Crippen LogP contribution is -2.28. The van der Waals surface area contributed by atoms with Crippen molar-refractivity contribution in [2.75, 3.05) is 6.61 Å². The summed E-state index contributed by atoms with van der Waals surface area (Å²) in [6.07, 6.45) is 0. The zero-order valence-electron chi connectivity index (χ0n) is 7.93. The lowest BCUT2D eigenvalue weighted by molar-refractivity contribution is 0.250. The number of aliphatic hydroxyl groups excluding tert-OH is 1. The van der Waals surface area contributed by atoms with Gasteiger partial charge in [-0.15, -0.1) is 0 Å². The average Bonchev–Trinajstić information content (AvgIpc) is 2.16. The summed E-state index contributed by atoms with van der Waals surface area (Å²) >= 11 is 5.61. The summed E-state index contributed by atoms with van der Waals surface area (Å²) in [4.78, 5) is 0. The molecule has 1 aromatic rings. The number of rotatable bonds is 4. The molecule has 2 N–H and O–H groups in total. The van der Waals surface area contributed by atoms with E-state index in [2.05, 4.69) is 5.32 Å². The molecule has 2 nitrogen and oxygen atoms in total. The van der Waals surface area contributed by atoms with Gasteiger partial charge >= 0.3 is 0 Å². The molecule has 0 aliphatic carbocycles. The van der Waals surface area contributed by atoms with Crippen LogP contribution in [0.25, 0.3) is 0 Å². The van der Waals surface area contributed by atoms with Crippen LogP contribution in [0, 0.1) is 5.82 Å². The third kappa shape index (κ3) is 3.25. The summed E-state index contributed by atoms with van der Waals surface area (Å²) in [7, 11) is 0. The molecule has 1 rings (SSSR count). The smallest absolute Gasteiger partial charge is 0.129 e. The number of benzene rings is 1. The molecule has 0 amide bonds. The Labute approximate surface area is 87.7 Å². The van der Waals surface area contributed by atoms with Gasteiger partial charge in [-0.3, -0.25) is 0 Å². The van der Waals surface area contributed by atoms with Gasteiger partial charge in [0, 0.05) is 23.2 Å². The maximum absolute atomic E-state index is 13.2. The van der Waals surface area contributed by atoms with Gasteiger partial charge in [-0.25, -0.2) is 4.39 Å². The highest BCUT2D eigenvalue weighted by Crippen LogP contribution is 2.14. The predicted molar refractivity (Wildman–Crippen MR) is 54.8 cm³/mol. The fraction of sp³-hybridized carbons (Fsp3) is 0.400. The standard InChI is InChI=1S/C10H13ClFNO/c1-7(6-14)13-5-8-2-3-9(11)4-10(8)12/h2-4,7,13-14H,5-6H2,1H3/t7-/m1/s1. The highest BCUT2D eigenvalue weighted by Gasteiger charge is 2.04. The van der Waals surface area contributed by atoms with E-state index in [9.17, 15) is 4.39 Å². The van der Waals surface area contributed by atoms with Gasteiger partial charge in [0.1, 0.15) is 5.82 Å². The van der Waals surface area contributed by atoms with Crippen LogP contribution in [0.3, 0.4) is 0 Å². The fourth-order valence-electron chi connectivity index (χ4n) is 1.01. The summed E-state index contributed by atoms with van der Waals surface area (Å²) in [5.41, 5.74) is 0.551. The molecular weight excluding hydrogens is 205 g/mol. The van der Waals surface area contributed by atoms with Gasteiger partial charge < -0.3 is 10.4 Å². The minimum absolute atomic E-state index is 0.0369. The Balaban J connectivity index is 2.59. The van der Waals surface area contributed by atoms with E-state index in [0.717, 1.165) is 0 Å². The molecule has 0 aliphatic heterocycles. The zero-order chi connectivity index (χ0) is 10.6. The van der Waals surface area contributed by atoms with Crippen molar-refractivity contribution in [3.63, 3.8) is 0 Å². The van der Waals surface area contributed by atoms with Crippen LogP contribution in [-0.4, -0.2) is 17.8 Å². The van der Waals surface area contributed by atoms with E-state index < -0.39 is 0 Å². The Morgan fingerprint density at radius 3 is 2.86 bits per heavy atom. The van der Waals surface area contributed by atoms with Gasteiger partial charge in [0.05, 0.1) is 6.61 Å². The van der Waals surface area contributed by atoms with E-state index in [-0.39, 0.29) is 18.5 Å². The second-order valence-electron chi connectivity index (χ2n) is 3.20. The minimum Gasteiger partial charge on any atom is -0.395 e. The van der Waals surface area contributed by atoms with E-state index in [1.54, 1.807) is 12.1 Å². The minimum atomic E-state index is -0.324. The van der Waals surface area contributed by atoms with Crippen LogP contribution in [-0.2, 0) is 6.54 Å². The van der Waals surface area contributed by atoms with E-state index in [4.69, 9.17) is 16.7 Å². The molecule has 0 aliphatic rings. The molecule has 0 bridgehead atoms. The summed E-state index contributed by atoms with van der Waals surface area (Å²) in [6, 6.07) is 4.52. The molecule has 1 atom stereocenters. The number of aliphatic hydroxyl groups is 1. The van der Waals surface area contributed by atoms with Gasteiger partial charge in [0.2, 0.25) is 0 Å². The third-order valence-electron chi connectivity index (χ3n) is 1.93. The first kappa shape index (κ1) is 11.4. The predicted octanol–water partition coefficient (Wildman–Crippen LogP) is 1.95. The van der Waals surface area contributed by atoms with Crippen LogP contribution in [0.15, 0.2) is 18.2 Å². The van der Waals surface area contributed by atoms with Crippen LogP contribution >= 0.6 is 11.6 Å². The normalized spacial score (nSPS) is 12.9. The van der Waals surface area contributed by atoms with Gasteiger partial charge in [0.15, 0.2) is 0 Å². The molecule has 14 heavy (non-hydrogen) atoms. The fourth-order valence-corrected chi connectivity index (χ4v) is 1.17. The maximum atomic E-state index is 13.2. The van der Waals surface area contributed by atoms with Gasteiger partial charge in [-0.2, -0.15) is 0 Å². The SMILES string of the molecule is C[C@H](CO)NCc1ccc(Cl)cc1F. The van der Waals surface area contributed by atoms with Crippen molar-refractivity contribution in [2.24, 2.45) is 0 Å². The molecule has 78 valence electrons. The maximum Gasteiger partial charge on any atom is 0.129 e. The van der Waals surface area contributed by atoms with Crippen molar-refractivity contribution in [3.8, 4) is 0 Å². The number of nitrogens with one attached hydrogen (secondary N) is 1. The molecule has 0 heterocycles. The first-order valence-corrected chi connectivity index (χ1v) is 4.79. The number of halogens is 2. The van der Waals surface area contributed by atoms with Crippen molar-refractivity contribution in [2.45, 2.75) is 19.5 Å². The lowest BCUT2D eigenvalue weighted by atomic mass is 10.2. The third-order valence-corrected chi connectivity index (χ3v) is 2.17. The second-order valence-corrected chi connectivity index (χ2v) is 3.64. The first-order chi connectivity index (χ1) is 6.63. The molecule has 0 unspecified atom stereocenters. The van der Waals surface area contributed by atoms with Crippen molar-refractivity contribution < 1.29 is 9.50 Å². The Morgan fingerprint density at radius 1 is 1.57 bits per heavy atom. The topological polar surface area (TPSA) is 32.3 Å². The van der Waals surface area contributed by atoms with Crippen molar-refractivity contribution in [1.29, 1.82) is 0 Å². The first-order valence-electron chi connectivity index (χ1n) is 4.41. The van der Waals surface area contributed by atoms with Crippen LogP contribution in [0.4, 0.5) is 4.39 Å². The molecule has 0 saturated carbocycles. The molecule has 0 spiro atoms. The van der Waals surface area contributed by atoms with E-state index in [1.165, 1.54) is 6.07 Å². The van der Waals surface area contributed by atoms with Crippen molar-refractivity contribution in [3.05, 3.63) is 34.6 Å². The molecule has 0 radical (unpaired) electrons. The number of hydrogen-bond acceptors (Lipinski definition) is 2. The summed E-state index contributed by atoms with van der Waals surface area (Å²) in [6.45, 7) is 2.26.